The maximum absolute atomic E-state index is 11.0. The second-order valence-electron chi connectivity index (χ2n) is 2.31. The fraction of sp³-hybridized carbons (Fsp3) is 1.00. The zero-order chi connectivity index (χ0) is 8.91. The van der Waals surface area contributed by atoms with E-state index in [1.54, 1.807) is 0 Å². The van der Waals surface area contributed by atoms with Crippen LogP contribution in [0.1, 0.15) is 13.3 Å². The molecule has 0 saturated carbocycles. The van der Waals surface area contributed by atoms with Crippen molar-refractivity contribution < 1.29 is 18.7 Å². The Morgan fingerprint density at radius 1 is 1.64 bits per heavy atom. The van der Waals surface area contributed by atoms with Crippen LogP contribution < -0.4 is 0 Å². The van der Waals surface area contributed by atoms with Crippen molar-refractivity contribution in [2.45, 2.75) is 19.4 Å². The topological polar surface area (TPSA) is 55.8 Å². The molecular weight excluding hydrogens is 167 g/mol. The molecule has 11 heavy (non-hydrogen) atoms. The number of rotatable bonds is 5. The van der Waals surface area contributed by atoms with Gasteiger partial charge in [-0.25, -0.2) is 0 Å². The van der Waals surface area contributed by atoms with E-state index < -0.39 is 13.7 Å². The average Bonchev–Trinajstić information content (AvgIpc) is 2.00. The minimum Gasteiger partial charge on any atom is -0.391 e. The molecule has 0 bridgehead atoms. The zero-order valence-electron chi connectivity index (χ0n) is 7.11. The fourth-order valence-corrected chi connectivity index (χ4v) is 0.940. The lowest BCUT2D eigenvalue weighted by molar-refractivity contribution is 0.0946. The van der Waals surface area contributed by atoms with Crippen molar-refractivity contribution in [3.8, 4) is 0 Å². The van der Waals surface area contributed by atoms with E-state index >= 15 is 0 Å². The molecule has 0 aromatic carbocycles. The van der Waals surface area contributed by atoms with Crippen LogP contribution in [0.15, 0.2) is 0 Å². The fourth-order valence-electron chi connectivity index (χ4n) is 0.392. The average molecular weight is 182 g/mol. The summed E-state index contributed by atoms with van der Waals surface area (Å²) in [6, 6.07) is 0. The van der Waals surface area contributed by atoms with Gasteiger partial charge in [-0.15, -0.1) is 0 Å². The molecule has 0 heterocycles. The molecule has 0 amide bonds. The van der Waals surface area contributed by atoms with Gasteiger partial charge in [0.25, 0.3) is 0 Å². The molecule has 2 unspecified atom stereocenters. The highest BCUT2D eigenvalue weighted by Gasteiger charge is 2.15. The predicted molar refractivity (Wildman–Crippen MR) is 42.8 cm³/mol. The summed E-state index contributed by atoms with van der Waals surface area (Å²) in [7, 11) is -1.58. The lowest BCUT2D eigenvalue weighted by atomic mass is 10.3. The molecule has 0 aliphatic heterocycles. The standard InChI is InChI=1S/C6H15O4P/c1-4-6(7)5-10-11(3,8)9-2/h6-7H,4-5H2,1-3H3. The molecule has 0 spiro atoms. The monoisotopic (exact) mass is 182 g/mol. The van der Waals surface area contributed by atoms with Crippen LogP contribution in [0.25, 0.3) is 0 Å². The summed E-state index contributed by atoms with van der Waals surface area (Å²) < 4.78 is 20.4. The van der Waals surface area contributed by atoms with Crippen LogP contribution >= 0.6 is 7.60 Å². The van der Waals surface area contributed by atoms with Crippen LogP contribution in [0.4, 0.5) is 0 Å². The molecule has 0 radical (unpaired) electrons. The Bertz CT molecular complexity index is 148. The maximum atomic E-state index is 11.0. The van der Waals surface area contributed by atoms with Crippen molar-refractivity contribution >= 4 is 7.60 Å². The highest BCUT2D eigenvalue weighted by molar-refractivity contribution is 7.52. The van der Waals surface area contributed by atoms with E-state index in [0.717, 1.165) is 0 Å². The second kappa shape index (κ2) is 4.88. The maximum Gasteiger partial charge on any atom is 0.327 e. The molecule has 4 nitrogen and oxygen atoms in total. The summed E-state index contributed by atoms with van der Waals surface area (Å²) in [5.74, 6) is 0. The number of aliphatic hydroxyl groups excluding tert-OH is 1. The van der Waals surface area contributed by atoms with Crippen LogP contribution in [0.5, 0.6) is 0 Å². The van der Waals surface area contributed by atoms with E-state index in [0.29, 0.717) is 6.42 Å². The SMILES string of the molecule is CCC(O)COP(C)(=O)OC. The van der Waals surface area contributed by atoms with Crippen molar-refractivity contribution in [1.82, 2.24) is 0 Å². The normalized spacial score (nSPS) is 19.3. The van der Waals surface area contributed by atoms with Gasteiger partial charge < -0.3 is 14.2 Å². The van der Waals surface area contributed by atoms with E-state index in [4.69, 9.17) is 9.63 Å². The smallest absolute Gasteiger partial charge is 0.327 e. The Balaban J connectivity index is 3.61. The van der Waals surface area contributed by atoms with E-state index in [1.807, 2.05) is 6.92 Å². The summed E-state index contributed by atoms with van der Waals surface area (Å²) in [4.78, 5) is 0. The third-order valence-electron chi connectivity index (χ3n) is 1.30. The van der Waals surface area contributed by atoms with Gasteiger partial charge in [0.2, 0.25) is 0 Å². The zero-order valence-corrected chi connectivity index (χ0v) is 8.01. The first-order chi connectivity index (χ1) is 5.02. The van der Waals surface area contributed by atoms with Crippen molar-refractivity contribution in [2.75, 3.05) is 20.4 Å². The highest BCUT2D eigenvalue weighted by Crippen LogP contribution is 2.42. The molecule has 0 saturated heterocycles. The molecule has 0 fully saturated rings. The number of hydrogen-bond acceptors (Lipinski definition) is 4. The number of aliphatic hydroxyl groups is 1. The lowest BCUT2D eigenvalue weighted by Crippen LogP contribution is -2.12. The van der Waals surface area contributed by atoms with Crippen molar-refractivity contribution in [2.24, 2.45) is 0 Å². The van der Waals surface area contributed by atoms with Crippen molar-refractivity contribution in [3.63, 3.8) is 0 Å². The molecule has 1 N–H and O–H groups in total. The van der Waals surface area contributed by atoms with Gasteiger partial charge in [0.15, 0.2) is 0 Å². The predicted octanol–water partition coefficient (Wildman–Crippen LogP) is 1.24. The van der Waals surface area contributed by atoms with Crippen LogP contribution in [-0.2, 0) is 13.6 Å². The van der Waals surface area contributed by atoms with E-state index in [9.17, 15) is 4.57 Å². The van der Waals surface area contributed by atoms with Crippen LogP contribution in [-0.4, -0.2) is 31.6 Å². The van der Waals surface area contributed by atoms with E-state index in [-0.39, 0.29) is 6.61 Å². The highest BCUT2D eigenvalue weighted by atomic mass is 31.2. The Kier molecular flexibility index (Phi) is 4.93. The van der Waals surface area contributed by atoms with Gasteiger partial charge in [-0.1, -0.05) is 6.92 Å². The van der Waals surface area contributed by atoms with Gasteiger partial charge in [0.1, 0.15) is 0 Å². The largest absolute Gasteiger partial charge is 0.391 e. The molecule has 0 aliphatic rings. The third-order valence-corrected chi connectivity index (χ3v) is 2.59. The summed E-state index contributed by atoms with van der Waals surface area (Å²) >= 11 is 0. The molecule has 68 valence electrons. The van der Waals surface area contributed by atoms with Gasteiger partial charge in [-0.2, -0.15) is 0 Å². The van der Waals surface area contributed by atoms with E-state index in [2.05, 4.69) is 4.52 Å². The first kappa shape index (κ1) is 11.1. The Hall–Kier alpha value is 0.110. The summed E-state index contributed by atoms with van der Waals surface area (Å²) in [5, 5.41) is 9.02. The van der Waals surface area contributed by atoms with Gasteiger partial charge in [-0.3, -0.25) is 4.57 Å². The van der Waals surface area contributed by atoms with Crippen LogP contribution in [0.3, 0.4) is 0 Å². The summed E-state index contributed by atoms with van der Waals surface area (Å²) in [6.07, 6.45) is 0.0300. The first-order valence-electron chi connectivity index (χ1n) is 3.47. The van der Waals surface area contributed by atoms with Crippen LogP contribution in [0, 0.1) is 0 Å². The van der Waals surface area contributed by atoms with Gasteiger partial charge in [0, 0.05) is 13.8 Å². The Labute approximate surface area is 67.0 Å². The quantitative estimate of drug-likeness (QED) is 0.650. The van der Waals surface area contributed by atoms with E-state index in [1.165, 1.54) is 13.8 Å². The van der Waals surface area contributed by atoms with Gasteiger partial charge in [0.05, 0.1) is 12.7 Å². The molecule has 2 atom stereocenters. The third kappa shape index (κ3) is 5.39. The van der Waals surface area contributed by atoms with Crippen LogP contribution in [0.2, 0.25) is 0 Å². The minimum atomic E-state index is -2.90. The van der Waals surface area contributed by atoms with Gasteiger partial charge in [-0.05, 0) is 6.42 Å². The molecule has 0 aromatic rings. The molecule has 0 rings (SSSR count). The first-order valence-corrected chi connectivity index (χ1v) is 5.46. The number of hydrogen-bond donors (Lipinski definition) is 1. The molecule has 5 heteroatoms. The van der Waals surface area contributed by atoms with Crippen molar-refractivity contribution in [3.05, 3.63) is 0 Å². The Morgan fingerprint density at radius 3 is 2.55 bits per heavy atom. The second-order valence-corrected chi connectivity index (χ2v) is 4.48. The van der Waals surface area contributed by atoms with Gasteiger partial charge >= 0.3 is 7.60 Å². The lowest BCUT2D eigenvalue weighted by Gasteiger charge is -2.13. The Morgan fingerprint density at radius 2 is 2.18 bits per heavy atom. The molecule has 0 aliphatic carbocycles. The van der Waals surface area contributed by atoms with Crippen molar-refractivity contribution in [1.29, 1.82) is 0 Å². The summed E-state index contributed by atoms with van der Waals surface area (Å²) in [6.45, 7) is 3.26. The molecular formula is C6H15O4P. The minimum absolute atomic E-state index is 0.0676. The molecule has 0 aromatic heterocycles. The summed E-state index contributed by atoms with van der Waals surface area (Å²) in [5.41, 5.74) is 0.